The number of hydrogen-bond acceptors (Lipinski definition) is 5. The van der Waals surface area contributed by atoms with E-state index in [-0.39, 0.29) is 17.1 Å². The van der Waals surface area contributed by atoms with Gasteiger partial charge >= 0.3 is 0 Å². The van der Waals surface area contributed by atoms with Crippen LogP contribution in [0.5, 0.6) is 0 Å². The smallest absolute Gasteiger partial charge is 0.291 e. The second kappa shape index (κ2) is 5.68. The van der Waals surface area contributed by atoms with Gasteiger partial charge in [0.2, 0.25) is 0 Å². The van der Waals surface area contributed by atoms with Gasteiger partial charge in [0.15, 0.2) is 5.82 Å². The van der Waals surface area contributed by atoms with E-state index in [9.17, 15) is 19.7 Å². The first-order valence-corrected chi connectivity index (χ1v) is 6.59. The summed E-state index contributed by atoms with van der Waals surface area (Å²) in [6, 6.07) is 12.1. The minimum absolute atomic E-state index is 0.0635. The van der Waals surface area contributed by atoms with Crippen molar-refractivity contribution in [3.63, 3.8) is 0 Å². The molecule has 0 unspecified atom stereocenters. The zero-order valence-electron chi connectivity index (χ0n) is 11.6. The molecule has 0 aliphatic rings. The molecule has 1 heterocycles. The number of hydrogen-bond donors (Lipinski definition) is 2. The first-order valence-electron chi connectivity index (χ1n) is 6.59. The molecule has 23 heavy (non-hydrogen) atoms. The molecule has 0 saturated carbocycles. The number of nitro benzene ring substituents is 1. The van der Waals surface area contributed by atoms with Crippen LogP contribution in [-0.2, 0) is 0 Å². The maximum atomic E-state index is 12.2. The lowest BCUT2D eigenvalue weighted by molar-refractivity contribution is -0.384. The Balaban J connectivity index is 1.94. The Morgan fingerprint density at radius 1 is 1.17 bits per heavy atom. The molecule has 114 valence electrons. The summed E-state index contributed by atoms with van der Waals surface area (Å²) in [5.41, 5.74) is 0.362. The van der Waals surface area contributed by atoms with Crippen LogP contribution in [0.4, 0.5) is 11.5 Å². The molecule has 0 fully saturated rings. The van der Waals surface area contributed by atoms with Gasteiger partial charge in [-0.2, -0.15) is 0 Å². The SMILES string of the molecule is O=C(Nc1nc2ccccc2[nH]c1=O)c1cccc([N+](=O)[O-])c1. The average Bonchev–Trinajstić information content (AvgIpc) is 2.55. The number of aromatic amines is 1. The van der Waals surface area contributed by atoms with Crippen molar-refractivity contribution in [3.8, 4) is 0 Å². The Kier molecular flexibility index (Phi) is 3.55. The predicted molar refractivity (Wildman–Crippen MR) is 83.4 cm³/mol. The summed E-state index contributed by atoms with van der Waals surface area (Å²) in [5.74, 6) is -0.817. The van der Waals surface area contributed by atoms with Crippen molar-refractivity contribution in [2.75, 3.05) is 5.32 Å². The maximum absolute atomic E-state index is 12.2. The third kappa shape index (κ3) is 2.91. The van der Waals surface area contributed by atoms with E-state index in [1.807, 2.05) is 0 Å². The molecule has 1 aromatic heterocycles. The molecule has 3 aromatic rings. The number of non-ortho nitro benzene ring substituents is 1. The van der Waals surface area contributed by atoms with Gasteiger partial charge in [-0.15, -0.1) is 0 Å². The molecule has 1 amide bonds. The largest absolute Gasteiger partial charge is 0.317 e. The molecule has 8 heteroatoms. The van der Waals surface area contributed by atoms with Crippen molar-refractivity contribution < 1.29 is 9.72 Å². The Bertz CT molecular complexity index is 980. The molecule has 0 saturated heterocycles. The van der Waals surface area contributed by atoms with E-state index < -0.39 is 16.4 Å². The fraction of sp³-hybridized carbons (Fsp3) is 0. The number of carbonyl (C=O) groups excluding carboxylic acids is 1. The summed E-state index contributed by atoms with van der Waals surface area (Å²) < 4.78 is 0. The summed E-state index contributed by atoms with van der Waals surface area (Å²) in [7, 11) is 0. The predicted octanol–water partition coefficient (Wildman–Crippen LogP) is 2.08. The van der Waals surface area contributed by atoms with Gasteiger partial charge in [0.25, 0.3) is 17.2 Å². The fourth-order valence-corrected chi connectivity index (χ4v) is 2.05. The second-order valence-electron chi connectivity index (χ2n) is 4.69. The van der Waals surface area contributed by atoms with Gasteiger partial charge in [0.1, 0.15) is 0 Å². The van der Waals surface area contributed by atoms with Gasteiger partial charge in [0, 0.05) is 17.7 Å². The van der Waals surface area contributed by atoms with Crippen LogP contribution < -0.4 is 10.9 Å². The van der Waals surface area contributed by atoms with Crippen molar-refractivity contribution in [1.29, 1.82) is 0 Å². The molecule has 0 radical (unpaired) electrons. The zero-order chi connectivity index (χ0) is 16.4. The summed E-state index contributed by atoms with van der Waals surface area (Å²) in [4.78, 5) is 40.9. The Labute approximate surface area is 129 Å². The first-order chi connectivity index (χ1) is 11.0. The first kappa shape index (κ1) is 14.4. The lowest BCUT2D eigenvalue weighted by atomic mass is 10.2. The highest BCUT2D eigenvalue weighted by Crippen LogP contribution is 2.14. The van der Waals surface area contributed by atoms with Crippen molar-refractivity contribution in [2.24, 2.45) is 0 Å². The molecular weight excluding hydrogens is 300 g/mol. The molecule has 0 aliphatic heterocycles. The third-order valence-electron chi connectivity index (χ3n) is 3.15. The van der Waals surface area contributed by atoms with E-state index in [2.05, 4.69) is 15.3 Å². The van der Waals surface area contributed by atoms with E-state index in [4.69, 9.17) is 0 Å². The number of nitro groups is 1. The molecule has 0 atom stereocenters. The molecule has 2 N–H and O–H groups in total. The van der Waals surface area contributed by atoms with E-state index >= 15 is 0 Å². The number of amides is 1. The number of carbonyl (C=O) groups is 1. The number of anilines is 1. The lowest BCUT2D eigenvalue weighted by Gasteiger charge is -2.05. The Morgan fingerprint density at radius 3 is 2.74 bits per heavy atom. The van der Waals surface area contributed by atoms with Crippen LogP contribution in [0, 0.1) is 10.1 Å². The minimum Gasteiger partial charge on any atom is -0.317 e. The average molecular weight is 310 g/mol. The summed E-state index contributed by atoms with van der Waals surface area (Å²) in [6.45, 7) is 0. The number of rotatable bonds is 3. The molecule has 0 bridgehead atoms. The molecule has 2 aromatic carbocycles. The van der Waals surface area contributed by atoms with E-state index in [0.717, 1.165) is 6.07 Å². The van der Waals surface area contributed by atoms with Crippen molar-refractivity contribution in [2.45, 2.75) is 0 Å². The Morgan fingerprint density at radius 2 is 1.96 bits per heavy atom. The number of nitrogens with one attached hydrogen (secondary N) is 2. The van der Waals surface area contributed by atoms with Gasteiger partial charge in [-0.25, -0.2) is 4.98 Å². The number of aromatic nitrogens is 2. The summed E-state index contributed by atoms with van der Waals surface area (Å²) in [6.07, 6.45) is 0. The van der Waals surface area contributed by atoms with E-state index in [1.54, 1.807) is 24.3 Å². The van der Waals surface area contributed by atoms with Gasteiger partial charge in [-0.3, -0.25) is 19.7 Å². The molecule has 8 nitrogen and oxygen atoms in total. The maximum Gasteiger partial charge on any atom is 0.291 e. The van der Waals surface area contributed by atoms with Crippen LogP contribution in [0.25, 0.3) is 11.0 Å². The Hall–Kier alpha value is -3.55. The normalized spacial score (nSPS) is 10.4. The van der Waals surface area contributed by atoms with Crippen LogP contribution in [0.15, 0.2) is 53.3 Å². The number of nitrogens with zero attached hydrogens (tertiary/aromatic N) is 2. The standard InChI is InChI=1S/C15H10N4O4/c20-14(9-4-3-5-10(8-9)19(22)23)18-13-15(21)17-12-7-2-1-6-11(12)16-13/h1-8H,(H,17,21)(H,16,18,20). The third-order valence-corrected chi connectivity index (χ3v) is 3.15. The molecular formula is C15H10N4O4. The highest BCUT2D eigenvalue weighted by molar-refractivity contribution is 6.04. The van der Waals surface area contributed by atoms with Crippen LogP contribution in [0.3, 0.4) is 0 Å². The summed E-state index contributed by atoms with van der Waals surface area (Å²) in [5, 5.41) is 13.1. The van der Waals surface area contributed by atoms with Gasteiger partial charge in [-0.05, 0) is 18.2 Å². The van der Waals surface area contributed by atoms with Crippen molar-refractivity contribution in [3.05, 3.63) is 74.6 Å². The number of para-hydroxylation sites is 2. The topological polar surface area (TPSA) is 118 Å². The van der Waals surface area contributed by atoms with Gasteiger partial charge in [-0.1, -0.05) is 18.2 Å². The van der Waals surface area contributed by atoms with Crippen molar-refractivity contribution >= 4 is 28.4 Å². The monoisotopic (exact) mass is 310 g/mol. The van der Waals surface area contributed by atoms with E-state index in [0.29, 0.717) is 11.0 Å². The summed E-state index contributed by atoms with van der Waals surface area (Å²) >= 11 is 0. The van der Waals surface area contributed by atoms with Crippen LogP contribution >= 0.6 is 0 Å². The van der Waals surface area contributed by atoms with Gasteiger partial charge in [0.05, 0.1) is 16.0 Å². The van der Waals surface area contributed by atoms with E-state index in [1.165, 1.54) is 18.2 Å². The molecule has 3 rings (SSSR count). The number of benzene rings is 2. The molecule has 0 aliphatic carbocycles. The number of fused-ring (bicyclic) bond motifs is 1. The van der Waals surface area contributed by atoms with Crippen LogP contribution in [-0.4, -0.2) is 20.8 Å². The lowest BCUT2D eigenvalue weighted by Crippen LogP contribution is -2.21. The molecule has 0 spiro atoms. The van der Waals surface area contributed by atoms with Gasteiger partial charge < -0.3 is 10.3 Å². The minimum atomic E-state index is -0.651. The highest BCUT2D eigenvalue weighted by Gasteiger charge is 2.14. The van der Waals surface area contributed by atoms with Crippen molar-refractivity contribution in [1.82, 2.24) is 9.97 Å². The highest BCUT2D eigenvalue weighted by atomic mass is 16.6. The second-order valence-corrected chi connectivity index (χ2v) is 4.69. The van der Waals surface area contributed by atoms with Crippen LogP contribution in [0.2, 0.25) is 0 Å². The number of H-pyrrole nitrogens is 1. The quantitative estimate of drug-likeness (QED) is 0.567. The van der Waals surface area contributed by atoms with Crippen LogP contribution in [0.1, 0.15) is 10.4 Å². The fourth-order valence-electron chi connectivity index (χ4n) is 2.05. The zero-order valence-corrected chi connectivity index (χ0v) is 11.6.